The lowest BCUT2D eigenvalue weighted by molar-refractivity contribution is 0.324. The van der Waals surface area contributed by atoms with Crippen LogP contribution in [-0.2, 0) is 6.54 Å². The Hall–Kier alpha value is -1.81. The molecular weight excluding hydrogens is 513 g/mol. The van der Waals surface area contributed by atoms with Crippen molar-refractivity contribution in [2.45, 2.75) is 25.3 Å². The van der Waals surface area contributed by atoms with Gasteiger partial charge in [-0.25, -0.2) is 4.99 Å². The van der Waals surface area contributed by atoms with Crippen molar-refractivity contribution >= 4 is 41.7 Å². The highest BCUT2D eigenvalue weighted by Gasteiger charge is 2.13. The summed E-state index contributed by atoms with van der Waals surface area (Å²) in [5.74, 6) is 3.58. The lowest BCUT2D eigenvalue weighted by Crippen LogP contribution is -2.38. The number of rotatable bonds is 10. The summed E-state index contributed by atoms with van der Waals surface area (Å²) in [7, 11) is 4.82. The van der Waals surface area contributed by atoms with Crippen LogP contribution in [0.2, 0.25) is 0 Å². The molecule has 0 bridgehead atoms. The zero-order valence-corrected chi connectivity index (χ0v) is 21.4. The minimum Gasteiger partial charge on any atom is -0.493 e. The van der Waals surface area contributed by atoms with Crippen molar-refractivity contribution < 1.29 is 14.2 Å². The third kappa shape index (κ3) is 8.14. The van der Waals surface area contributed by atoms with Crippen LogP contribution in [0, 0.1) is 6.92 Å². The molecule has 0 fully saturated rings. The average molecular weight is 545 g/mol. The van der Waals surface area contributed by atoms with Crippen molar-refractivity contribution in [3.05, 3.63) is 47.5 Å². The lowest BCUT2D eigenvalue weighted by atomic mass is 10.2. The number of guanidine groups is 1. The summed E-state index contributed by atoms with van der Waals surface area (Å²) >= 11 is 1.83. The third-order valence-corrected chi connectivity index (χ3v) is 5.19. The fourth-order valence-corrected chi connectivity index (χ4v) is 3.48. The zero-order chi connectivity index (χ0) is 21.1. The van der Waals surface area contributed by atoms with E-state index in [0.29, 0.717) is 23.8 Å². The van der Waals surface area contributed by atoms with E-state index in [1.54, 1.807) is 21.3 Å². The Balaban J connectivity index is 0.00000450. The number of thioether (sulfide) groups is 1. The fraction of sp³-hybridized carbons (Fsp3) is 0.409. The molecule has 166 valence electrons. The highest BCUT2D eigenvalue weighted by Crippen LogP contribution is 2.38. The van der Waals surface area contributed by atoms with Gasteiger partial charge in [0.2, 0.25) is 5.75 Å². The molecule has 0 aromatic heterocycles. The Morgan fingerprint density at radius 1 is 0.967 bits per heavy atom. The molecule has 0 amide bonds. The maximum absolute atomic E-state index is 5.42. The van der Waals surface area contributed by atoms with Crippen LogP contribution in [-0.4, -0.2) is 46.1 Å². The van der Waals surface area contributed by atoms with Crippen LogP contribution in [0.5, 0.6) is 17.2 Å². The van der Waals surface area contributed by atoms with Gasteiger partial charge in [0.05, 0.1) is 27.9 Å². The summed E-state index contributed by atoms with van der Waals surface area (Å²) in [5, 5.41) is 6.66. The van der Waals surface area contributed by atoms with Gasteiger partial charge in [-0.1, -0.05) is 17.7 Å². The predicted octanol–water partition coefficient (Wildman–Crippen LogP) is 4.49. The van der Waals surface area contributed by atoms with Crippen molar-refractivity contribution in [3.8, 4) is 17.2 Å². The second kappa shape index (κ2) is 14.2. The van der Waals surface area contributed by atoms with Gasteiger partial charge in [-0.05, 0) is 43.7 Å². The molecule has 30 heavy (non-hydrogen) atoms. The van der Waals surface area contributed by atoms with Crippen molar-refractivity contribution in [3.63, 3.8) is 0 Å². The maximum atomic E-state index is 5.42. The molecule has 0 radical (unpaired) electrons. The van der Waals surface area contributed by atoms with Gasteiger partial charge in [-0.15, -0.1) is 35.7 Å². The number of nitrogens with one attached hydrogen (secondary N) is 2. The molecule has 0 aliphatic carbocycles. The molecule has 0 saturated carbocycles. The first-order chi connectivity index (χ1) is 14.1. The summed E-state index contributed by atoms with van der Waals surface area (Å²) in [6.45, 7) is 6.27. The first-order valence-corrected chi connectivity index (χ1v) is 10.6. The molecule has 2 aromatic rings. The fourth-order valence-electron chi connectivity index (χ4n) is 2.71. The van der Waals surface area contributed by atoms with E-state index in [2.05, 4.69) is 53.7 Å². The van der Waals surface area contributed by atoms with Crippen LogP contribution in [0.15, 0.2) is 46.3 Å². The van der Waals surface area contributed by atoms with E-state index in [-0.39, 0.29) is 24.0 Å². The standard InChI is InChI=1S/C22H31N3O3S.HI/c1-6-23-22(24-11-12-29-18-9-7-16(2)8-10-18)25-15-17-13-19(26-3)21(28-5)20(14-17)27-4;/h7-10,13-14H,6,11-12,15H2,1-5H3,(H2,23,24,25);1H. The highest BCUT2D eigenvalue weighted by atomic mass is 127. The Kier molecular flexibility index (Phi) is 12.4. The van der Waals surface area contributed by atoms with Crippen molar-refractivity contribution in [2.75, 3.05) is 40.2 Å². The number of ether oxygens (including phenoxy) is 3. The van der Waals surface area contributed by atoms with Gasteiger partial charge < -0.3 is 24.8 Å². The third-order valence-electron chi connectivity index (χ3n) is 4.17. The molecule has 0 aliphatic heterocycles. The smallest absolute Gasteiger partial charge is 0.203 e. The lowest BCUT2D eigenvalue weighted by Gasteiger charge is -2.14. The van der Waals surface area contributed by atoms with E-state index in [4.69, 9.17) is 14.2 Å². The summed E-state index contributed by atoms with van der Waals surface area (Å²) < 4.78 is 16.2. The Morgan fingerprint density at radius 2 is 1.60 bits per heavy atom. The predicted molar refractivity (Wildman–Crippen MR) is 136 cm³/mol. The minimum absolute atomic E-state index is 0. The van der Waals surface area contributed by atoms with Gasteiger partial charge in [0.25, 0.3) is 0 Å². The number of hydrogen-bond donors (Lipinski definition) is 2. The zero-order valence-electron chi connectivity index (χ0n) is 18.3. The monoisotopic (exact) mass is 545 g/mol. The van der Waals surface area contributed by atoms with Crippen LogP contribution in [0.1, 0.15) is 18.1 Å². The van der Waals surface area contributed by atoms with E-state index < -0.39 is 0 Å². The first-order valence-electron chi connectivity index (χ1n) is 9.61. The van der Waals surface area contributed by atoms with Gasteiger partial charge >= 0.3 is 0 Å². The second-order valence-electron chi connectivity index (χ2n) is 6.32. The molecule has 8 heteroatoms. The van der Waals surface area contributed by atoms with E-state index in [0.717, 1.165) is 30.4 Å². The summed E-state index contributed by atoms with van der Waals surface area (Å²) in [4.78, 5) is 5.95. The summed E-state index contributed by atoms with van der Waals surface area (Å²) in [6, 6.07) is 12.4. The Bertz CT molecular complexity index is 776. The number of halogens is 1. The largest absolute Gasteiger partial charge is 0.493 e. The van der Waals surface area contributed by atoms with Gasteiger partial charge in [-0.2, -0.15) is 0 Å². The van der Waals surface area contributed by atoms with Crippen molar-refractivity contribution in [1.82, 2.24) is 10.6 Å². The van der Waals surface area contributed by atoms with Gasteiger partial charge in [0, 0.05) is 23.7 Å². The first kappa shape index (κ1) is 26.2. The molecule has 0 unspecified atom stereocenters. The number of aryl methyl sites for hydroxylation is 1. The Labute approximate surface area is 201 Å². The Morgan fingerprint density at radius 3 is 2.13 bits per heavy atom. The molecule has 2 aromatic carbocycles. The number of methoxy groups -OCH3 is 3. The highest BCUT2D eigenvalue weighted by molar-refractivity contribution is 14.0. The minimum atomic E-state index is 0. The average Bonchev–Trinajstić information content (AvgIpc) is 2.75. The van der Waals surface area contributed by atoms with Crippen LogP contribution in [0.4, 0.5) is 0 Å². The van der Waals surface area contributed by atoms with Gasteiger partial charge in [0.15, 0.2) is 17.5 Å². The summed E-state index contributed by atoms with van der Waals surface area (Å²) in [6.07, 6.45) is 0. The number of benzene rings is 2. The summed E-state index contributed by atoms with van der Waals surface area (Å²) in [5.41, 5.74) is 2.26. The van der Waals surface area contributed by atoms with E-state index in [9.17, 15) is 0 Å². The SMILES string of the molecule is CCNC(=NCc1cc(OC)c(OC)c(OC)c1)NCCSc1ccc(C)cc1.I. The molecule has 6 nitrogen and oxygen atoms in total. The normalized spacial score (nSPS) is 10.8. The molecule has 0 saturated heterocycles. The second-order valence-corrected chi connectivity index (χ2v) is 7.49. The maximum Gasteiger partial charge on any atom is 0.203 e. The van der Waals surface area contributed by atoms with Crippen LogP contribution in [0.25, 0.3) is 0 Å². The van der Waals surface area contributed by atoms with Crippen molar-refractivity contribution in [2.24, 2.45) is 4.99 Å². The molecule has 0 atom stereocenters. The molecular formula is C22H32IN3O3S. The van der Waals surface area contributed by atoms with Gasteiger partial charge in [0.1, 0.15) is 0 Å². The van der Waals surface area contributed by atoms with E-state index in [1.165, 1.54) is 10.5 Å². The van der Waals surface area contributed by atoms with E-state index in [1.807, 2.05) is 23.9 Å². The van der Waals surface area contributed by atoms with Crippen molar-refractivity contribution in [1.29, 1.82) is 0 Å². The molecule has 0 spiro atoms. The number of hydrogen-bond acceptors (Lipinski definition) is 5. The number of nitrogens with zero attached hydrogens (tertiary/aromatic N) is 1. The van der Waals surface area contributed by atoms with Crippen LogP contribution >= 0.6 is 35.7 Å². The molecule has 2 rings (SSSR count). The van der Waals surface area contributed by atoms with Crippen LogP contribution in [0.3, 0.4) is 0 Å². The van der Waals surface area contributed by atoms with Gasteiger partial charge in [-0.3, -0.25) is 0 Å². The van der Waals surface area contributed by atoms with Crippen LogP contribution < -0.4 is 24.8 Å². The quantitative estimate of drug-likeness (QED) is 0.151. The molecule has 0 aliphatic rings. The van der Waals surface area contributed by atoms with E-state index >= 15 is 0 Å². The topological polar surface area (TPSA) is 64.1 Å². The number of aliphatic imine (C=N–C) groups is 1. The molecule has 2 N–H and O–H groups in total. The molecule has 0 heterocycles.